The molecule has 1 unspecified atom stereocenters. The molecule has 1 aromatic heterocycles. The number of carbonyl (C=O) groups is 1. The summed E-state index contributed by atoms with van der Waals surface area (Å²) in [6.45, 7) is 3.78. The smallest absolute Gasteiger partial charge is 0.316 e. The molecule has 1 amide bonds. The van der Waals surface area contributed by atoms with Gasteiger partial charge in [0.25, 0.3) is 5.91 Å². The second-order valence-corrected chi connectivity index (χ2v) is 5.74. The van der Waals surface area contributed by atoms with E-state index in [1.165, 1.54) is 4.57 Å². The fourth-order valence-corrected chi connectivity index (χ4v) is 2.98. The van der Waals surface area contributed by atoms with Gasteiger partial charge in [0.05, 0.1) is 11.0 Å². The molecular formula is C16H21ClN4O3. The molecule has 0 saturated carbocycles. The highest BCUT2D eigenvalue weighted by Crippen LogP contribution is 2.12. The number of benzene rings is 1. The summed E-state index contributed by atoms with van der Waals surface area (Å²) in [6.07, 6.45) is 2.19. The van der Waals surface area contributed by atoms with Crippen molar-refractivity contribution in [3.8, 4) is 0 Å². The van der Waals surface area contributed by atoms with E-state index in [2.05, 4.69) is 15.6 Å². The van der Waals surface area contributed by atoms with E-state index in [-0.39, 0.29) is 18.3 Å². The summed E-state index contributed by atoms with van der Waals surface area (Å²) in [7, 11) is 0. The Morgan fingerprint density at radius 3 is 2.83 bits per heavy atom. The zero-order valence-electron chi connectivity index (χ0n) is 13.4. The maximum atomic E-state index is 12.3. The molecule has 130 valence electrons. The van der Waals surface area contributed by atoms with Crippen molar-refractivity contribution in [2.45, 2.75) is 32.4 Å². The van der Waals surface area contributed by atoms with Crippen molar-refractivity contribution >= 4 is 29.3 Å². The summed E-state index contributed by atoms with van der Waals surface area (Å²) in [5.41, 5.74) is 0.318. The minimum absolute atomic E-state index is 0. The fraction of sp³-hybridized carbons (Fsp3) is 0.438. The number of aromatic nitrogens is 2. The average molecular weight is 353 g/mol. The van der Waals surface area contributed by atoms with Gasteiger partial charge in [-0.15, -0.1) is 12.4 Å². The fourth-order valence-electron chi connectivity index (χ4n) is 2.98. The van der Waals surface area contributed by atoms with Crippen LogP contribution in [0.1, 0.15) is 30.1 Å². The van der Waals surface area contributed by atoms with Gasteiger partial charge in [0.15, 0.2) is 0 Å². The molecule has 1 aliphatic rings. The number of hydrogen-bond donors (Lipinski definition) is 3. The first-order valence-corrected chi connectivity index (χ1v) is 7.88. The normalized spacial score (nSPS) is 16.8. The molecule has 2 aromatic rings. The summed E-state index contributed by atoms with van der Waals surface area (Å²) < 4.78 is 1.40. The first-order chi connectivity index (χ1) is 11.1. The SMILES string of the molecule is CCn1c(=O)c(=O)[nH]c2cc(C(=O)NCC3CCCN3)ccc21.Cl. The van der Waals surface area contributed by atoms with Gasteiger partial charge in [0.1, 0.15) is 0 Å². The maximum Gasteiger partial charge on any atom is 0.316 e. The van der Waals surface area contributed by atoms with Crippen molar-refractivity contribution in [2.24, 2.45) is 0 Å². The van der Waals surface area contributed by atoms with Crippen molar-refractivity contribution < 1.29 is 4.79 Å². The highest BCUT2D eigenvalue weighted by molar-refractivity contribution is 5.97. The zero-order valence-corrected chi connectivity index (χ0v) is 14.2. The number of nitrogens with zero attached hydrogens (tertiary/aromatic N) is 1. The van der Waals surface area contributed by atoms with Crippen LogP contribution in [0.25, 0.3) is 11.0 Å². The Hall–Kier alpha value is -2.12. The first kappa shape index (κ1) is 18.2. The van der Waals surface area contributed by atoms with Gasteiger partial charge < -0.3 is 20.2 Å². The predicted octanol–water partition coefficient (Wildman–Crippen LogP) is 0.613. The number of fused-ring (bicyclic) bond motifs is 1. The number of halogens is 1. The van der Waals surface area contributed by atoms with Gasteiger partial charge in [-0.1, -0.05) is 0 Å². The highest BCUT2D eigenvalue weighted by Gasteiger charge is 2.16. The number of hydrogen-bond acceptors (Lipinski definition) is 4. The quantitative estimate of drug-likeness (QED) is 0.703. The molecule has 0 radical (unpaired) electrons. The van der Waals surface area contributed by atoms with Crippen LogP contribution in [-0.2, 0) is 6.54 Å². The molecule has 3 rings (SSSR count). The molecule has 1 fully saturated rings. The van der Waals surface area contributed by atoms with Crippen molar-refractivity contribution in [3.63, 3.8) is 0 Å². The van der Waals surface area contributed by atoms with Crippen molar-refractivity contribution in [2.75, 3.05) is 13.1 Å². The molecule has 1 aromatic carbocycles. The van der Waals surface area contributed by atoms with Crippen LogP contribution in [0, 0.1) is 0 Å². The van der Waals surface area contributed by atoms with Gasteiger partial charge >= 0.3 is 11.1 Å². The standard InChI is InChI=1S/C16H20N4O3.ClH/c1-2-20-13-6-5-10(8-12(13)19-15(22)16(20)23)14(21)18-9-11-4-3-7-17-11;/h5-6,8,11,17H,2-4,7,9H2,1H3,(H,18,21)(H,19,22);1H. The Morgan fingerprint density at radius 2 is 2.17 bits per heavy atom. The number of rotatable bonds is 4. The minimum Gasteiger partial charge on any atom is -0.350 e. The van der Waals surface area contributed by atoms with Gasteiger partial charge in [-0.2, -0.15) is 0 Å². The lowest BCUT2D eigenvalue weighted by Crippen LogP contribution is -2.37. The first-order valence-electron chi connectivity index (χ1n) is 7.88. The Labute approximate surface area is 144 Å². The Bertz CT molecular complexity index is 853. The third-order valence-corrected chi connectivity index (χ3v) is 4.22. The van der Waals surface area contributed by atoms with Gasteiger partial charge in [0.2, 0.25) is 0 Å². The third kappa shape index (κ3) is 3.52. The molecule has 2 heterocycles. The van der Waals surface area contributed by atoms with Crippen LogP contribution >= 0.6 is 12.4 Å². The van der Waals surface area contributed by atoms with Crippen LogP contribution in [0.2, 0.25) is 0 Å². The van der Waals surface area contributed by atoms with Crippen LogP contribution in [-0.4, -0.2) is 34.6 Å². The summed E-state index contributed by atoms with van der Waals surface area (Å²) in [4.78, 5) is 38.3. The van der Waals surface area contributed by atoms with E-state index in [0.717, 1.165) is 19.4 Å². The van der Waals surface area contributed by atoms with Crippen LogP contribution in [0.3, 0.4) is 0 Å². The van der Waals surface area contributed by atoms with Crippen LogP contribution in [0.4, 0.5) is 0 Å². The Morgan fingerprint density at radius 1 is 1.38 bits per heavy atom. The molecule has 0 bridgehead atoms. The van der Waals surface area contributed by atoms with Gasteiger partial charge in [-0.05, 0) is 44.5 Å². The summed E-state index contributed by atoms with van der Waals surface area (Å²) in [5.74, 6) is -0.185. The Balaban J connectivity index is 0.00000208. The minimum atomic E-state index is -0.674. The lowest BCUT2D eigenvalue weighted by Gasteiger charge is -2.12. The van der Waals surface area contributed by atoms with E-state index in [0.29, 0.717) is 35.7 Å². The van der Waals surface area contributed by atoms with Gasteiger partial charge in [0, 0.05) is 24.7 Å². The van der Waals surface area contributed by atoms with Gasteiger partial charge in [-0.3, -0.25) is 14.4 Å². The lowest BCUT2D eigenvalue weighted by atomic mass is 10.1. The summed E-state index contributed by atoms with van der Waals surface area (Å²) in [6, 6.07) is 5.30. The number of nitrogens with one attached hydrogen (secondary N) is 3. The summed E-state index contributed by atoms with van der Waals surface area (Å²) >= 11 is 0. The number of amides is 1. The molecule has 24 heavy (non-hydrogen) atoms. The maximum absolute atomic E-state index is 12.3. The zero-order chi connectivity index (χ0) is 16.4. The number of aryl methyl sites for hydroxylation is 1. The molecule has 1 saturated heterocycles. The average Bonchev–Trinajstić information content (AvgIpc) is 3.07. The highest BCUT2D eigenvalue weighted by atomic mass is 35.5. The predicted molar refractivity (Wildman–Crippen MR) is 95.1 cm³/mol. The molecule has 0 aliphatic carbocycles. The van der Waals surface area contributed by atoms with Crippen molar-refractivity contribution in [1.82, 2.24) is 20.2 Å². The largest absolute Gasteiger partial charge is 0.350 e. The van der Waals surface area contributed by atoms with Crippen molar-refractivity contribution in [1.29, 1.82) is 0 Å². The molecule has 3 N–H and O–H groups in total. The van der Waals surface area contributed by atoms with Crippen LogP contribution < -0.4 is 21.8 Å². The van der Waals surface area contributed by atoms with E-state index in [9.17, 15) is 14.4 Å². The number of aromatic amines is 1. The van der Waals surface area contributed by atoms with E-state index in [1.54, 1.807) is 25.1 Å². The van der Waals surface area contributed by atoms with E-state index >= 15 is 0 Å². The molecular weight excluding hydrogens is 332 g/mol. The third-order valence-electron chi connectivity index (χ3n) is 4.22. The summed E-state index contributed by atoms with van der Waals surface area (Å²) in [5, 5.41) is 6.22. The number of H-pyrrole nitrogens is 1. The molecule has 0 spiro atoms. The number of carbonyl (C=O) groups excluding carboxylic acids is 1. The second kappa shape index (κ2) is 7.63. The van der Waals surface area contributed by atoms with Crippen molar-refractivity contribution in [3.05, 3.63) is 44.5 Å². The van der Waals surface area contributed by atoms with Crippen LogP contribution in [0.15, 0.2) is 27.8 Å². The van der Waals surface area contributed by atoms with E-state index in [4.69, 9.17) is 0 Å². The second-order valence-electron chi connectivity index (χ2n) is 5.74. The lowest BCUT2D eigenvalue weighted by molar-refractivity contribution is 0.0950. The van der Waals surface area contributed by atoms with Crippen LogP contribution in [0.5, 0.6) is 0 Å². The molecule has 7 nitrogen and oxygen atoms in total. The monoisotopic (exact) mass is 352 g/mol. The van der Waals surface area contributed by atoms with Gasteiger partial charge in [-0.25, -0.2) is 0 Å². The van der Waals surface area contributed by atoms with E-state index < -0.39 is 11.1 Å². The molecule has 8 heteroatoms. The molecule has 1 atom stereocenters. The molecule has 1 aliphatic heterocycles. The van der Waals surface area contributed by atoms with E-state index in [1.807, 2.05) is 0 Å². The topological polar surface area (TPSA) is 96.0 Å². The Kier molecular flexibility index (Phi) is 5.80.